The summed E-state index contributed by atoms with van der Waals surface area (Å²) < 4.78 is 0. The van der Waals surface area contributed by atoms with E-state index in [9.17, 15) is 0 Å². The molecule has 18 heavy (non-hydrogen) atoms. The third-order valence-electron chi connectivity index (χ3n) is 4.05. The van der Waals surface area contributed by atoms with Crippen molar-refractivity contribution in [1.82, 2.24) is 9.97 Å². The fourth-order valence-electron chi connectivity index (χ4n) is 2.79. The molecule has 0 amide bonds. The zero-order valence-electron chi connectivity index (χ0n) is 11.0. The first-order chi connectivity index (χ1) is 8.65. The maximum Gasteiger partial charge on any atom is 0.223 e. The first-order valence-electron chi connectivity index (χ1n) is 6.63. The second-order valence-electron chi connectivity index (χ2n) is 5.83. The average molecular weight is 241 g/mol. The summed E-state index contributed by atoms with van der Waals surface area (Å²) >= 11 is 0. The third-order valence-corrected chi connectivity index (χ3v) is 4.05. The highest BCUT2D eigenvalue weighted by Crippen LogP contribution is 2.38. The van der Waals surface area contributed by atoms with Crippen LogP contribution in [0.15, 0.2) is 30.5 Å². The second-order valence-corrected chi connectivity index (χ2v) is 5.83. The highest BCUT2D eigenvalue weighted by atomic mass is 15.1. The molecule has 3 heteroatoms. The number of aromatic nitrogens is 2. The summed E-state index contributed by atoms with van der Waals surface area (Å²) in [6.07, 6.45) is 5.67. The lowest BCUT2D eigenvalue weighted by atomic mass is 9.87. The molecule has 0 bridgehead atoms. The minimum absolute atomic E-state index is 0.342. The zero-order valence-corrected chi connectivity index (χ0v) is 11.0. The van der Waals surface area contributed by atoms with Crippen molar-refractivity contribution in [3.8, 4) is 0 Å². The summed E-state index contributed by atoms with van der Waals surface area (Å²) in [5.74, 6) is 0.758. The number of nitrogens with one attached hydrogen (secondary N) is 1. The summed E-state index contributed by atoms with van der Waals surface area (Å²) in [6, 6.07) is 8.58. The number of rotatable bonds is 2. The molecular weight excluding hydrogens is 222 g/mol. The van der Waals surface area contributed by atoms with Gasteiger partial charge in [0, 0.05) is 17.6 Å². The zero-order chi connectivity index (χ0) is 12.6. The van der Waals surface area contributed by atoms with Crippen molar-refractivity contribution in [2.24, 2.45) is 5.41 Å². The van der Waals surface area contributed by atoms with E-state index < -0.39 is 0 Å². The van der Waals surface area contributed by atoms with Gasteiger partial charge in [0.05, 0.1) is 5.52 Å². The van der Waals surface area contributed by atoms with Gasteiger partial charge in [0.2, 0.25) is 5.95 Å². The van der Waals surface area contributed by atoms with Crippen molar-refractivity contribution in [2.45, 2.75) is 39.2 Å². The Bertz CT molecular complexity index is 562. The molecule has 1 N–H and O–H groups in total. The van der Waals surface area contributed by atoms with Gasteiger partial charge < -0.3 is 5.32 Å². The Morgan fingerprint density at radius 2 is 2.11 bits per heavy atom. The molecule has 1 aromatic carbocycles. The predicted molar refractivity (Wildman–Crippen MR) is 74.6 cm³/mol. The van der Waals surface area contributed by atoms with E-state index in [-0.39, 0.29) is 0 Å². The van der Waals surface area contributed by atoms with Gasteiger partial charge in [-0.15, -0.1) is 0 Å². The summed E-state index contributed by atoms with van der Waals surface area (Å²) in [5, 5.41) is 4.59. The Balaban J connectivity index is 1.87. The molecule has 0 aliphatic heterocycles. The summed E-state index contributed by atoms with van der Waals surface area (Å²) in [7, 11) is 0. The quantitative estimate of drug-likeness (QED) is 0.872. The molecule has 1 aliphatic rings. The third kappa shape index (κ3) is 2.05. The molecule has 0 spiro atoms. The van der Waals surface area contributed by atoms with E-state index in [0.29, 0.717) is 11.5 Å². The van der Waals surface area contributed by atoms with Crippen LogP contribution in [0.4, 0.5) is 5.95 Å². The number of nitrogens with zero attached hydrogens (tertiary/aromatic N) is 2. The van der Waals surface area contributed by atoms with Crippen molar-refractivity contribution in [3.63, 3.8) is 0 Å². The van der Waals surface area contributed by atoms with Crippen molar-refractivity contribution in [2.75, 3.05) is 5.32 Å². The maximum atomic E-state index is 4.58. The van der Waals surface area contributed by atoms with Gasteiger partial charge in [0.25, 0.3) is 0 Å². The van der Waals surface area contributed by atoms with Gasteiger partial charge in [-0.25, -0.2) is 9.97 Å². The molecule has 1 aromatic heterocycles. The maximum absolute atomic E-state index is 4.58. The highest BCUT2D eigenvalue weighted by Gasteiger charge is 2.34. The SMILES string of the molecule is CC1(C)CCCC1Nc1ncc2ccccc2n1. The van der Waals surface area contributed by atoms with Gasteiger partial charge in [0.15, 0.2) is 0 Å². The minimum Gasteiger partial charge on any atom is -0.351 e. The molecule has 1 fully saturated rings. The predicted octanol–water partition coefficient (Wildman–Crippen LogP) is 3.62. The second kappa shape index (κ2) is 4.23. The number of fused-ring (bicyclic) bond motifs is 1. The Hall–Kier alpha value is -1.64. The number of benzene rings is 1. The summed E-state index contributed by atoms with van der Waals surface area (Å²) in [5.41, 5.74) is 1.35. The molecule has 0 radical (unpaired) electrons. The van der Waals surface area contributed by atoms with Crippen LogP contribution in [0.5, 0.6) is 0 Å². The normalized spacial score (nSPS) is 22.2. The van der Waals surface area contributed by atoms with Gasteiger partial charge in [-0.1, -0.05) is 38.5 Å². The molecule has 0 saturated heterocycles. The van der Waals surface area contributed by atoms with Crippen LogP contribution in [0.3, 0.4) is 0 Å². The molecule has 1 heterocycles. The molecule has 1 unspecified atom stereocenters. The van der Waals surface area contributed by atoms with Crippen molar-refractivity contribution >= 4 is 16.9 Å². The van der Waals surface area contributed by atoms with E-state index in [4.69, 9.17) is 0 Å². The number of hydrogen-bond acceptors (Lipinski definition) is 3. The van der Waals surface area contributed by atoms with Crippen LogP contribution in [-0.2, 0) is 0 Å². The van der Waals surface area contributed by atoms with E-state index in [1.807, 2.05) is 30.5 Å². The van der Waals surface area contributed by atoms with Crippen molar-refractivity contribution in [3.05, 3.63) is 30.5 Å². The molecule has 1 saturated carbocycles. The Morgan fingerprint density at radius 3 is 2.89 bits per heavy atom. The molecule has 94 valence electrons. The highest BCUT2D eigenvalue weighted by molar-refractivity contribution is 5.78. The van der Waals surface area contributed by atoms with Crippen LogP contribution < -0.4 is 5.32 Å². The van der Waals surface area contributed by atoms with Crippen LogP contribution in [0.25, 0.3) is 10.9 Å². The van der Waals surface area contributed by atoms with E-state index in [1.54, 1.807) is 0 Å². The average Bonchev–Trinajstić information content (AvgIpc) is 2.69. The number of para-hydroxylation sites is 1. The van der Waals surface area contributed by atoms with Crippen LogP contribution in [0.1, 0.15) is 33.1 Å². The fourth-order valence-corrected chi connectivity index (χ4v) is 2.79. The molecule has 3 rings (SSSR count). The first-order valence-corrected chi connectivity index (χ1v) is 6.63. The molecular formula is C15H19N3. The smallest absolute Gasteiger partial charge is 0.223 e. The largest absolute Gasteiger partial charge is 0.351 e. The van der Waals surface area contributed by atoms with Crippen LogP contribution in [-0.4, -0.2) is 16.0 Å². The van der Waals surface area contributed by atoms with Crippen LogP contribution in [0.2, 0.25) is 0 Å². The lowest BCUT2D eigenvalue weighted by Crippen LogP contribution is -2.31. The van der Waals surface area contributed by atoms with Crippen LogP contribution in [0, 0.1) is 5.41 Å². The van der Waals surface area contributed by atoms with Gasteiger partial charge in [-0.2, -0.15) is 0 Å². The van der Waals surface area contributed by atoms with Crippen molar-refractivity contribution in [1.29, 1.82) is 0 Å². The standard InChI is InChI=1S/C15H19N3/c1-15(2)9-5-8-13(15)18-14-16-10-11-6-3-4-7-12(11)17-14/h3-4,6-7,10,13H,5,8-9H2,1-2H3,(H,16,17,18). The molecule has 3 nitrogen and oxygen atoms in total. The van der Waals surface area contributed by atoms with Gasteiger partial charge in [0.1, 0.15) is 0 Å². The van der Waals surface area contributed by atoms with Crippen molar-refractivity contribution < 1.29 is 0 Å². The molecule has 2 aromatic rings. The number of anilines is 1. The summed E-state index contributed by atoms with van der Waals surface area (Å²) in [6.45, 7) is 4.64. The van der Waals surface area contributed by atoms with Gasteiger partial charge >= 0.3 is 0 Å². The fraction of sp³-hybridized carbons (Fsp3) is 0.467. The van der Waals surface area contributed by atoms with E-state index in [1.165, 1.54) is 19.3 Å². The Labute approximate surface area is 108 Å². The van der Waals surface area contributed by atoms with E-state index >= 15 is 0 Å². The Morgan fingerprint density at radius 1 is 1.28 bits per heavy atom. The monoisotopic (exact) mass is 241 g/mol. The lowest BCUT2D eigenvalue weighted by molar-refractivity contribution is 0.349. The lowest BCUT2D eigenvalue weighted by Gasteiger charge is -2.27. The minimum atomic E-state index is 0.342. The van der Waals surface area contributed by atoms with E-state index in [0.717, 1.165) is 16.9 Å². The number of hydrogen-bond donors (Lipinski definition) is 1. The molecule has 1 aliphatic carbocycles. The Kier molecular flexibility index (Phi) is 2.69. The summed E-state index contributed by atoms with van der Waals surface area (Å²) in [4.78, 5) is 9.00. The van der Waals surface area contributed by atoms with Crippen LogP contribution >= 0.6 is 0 Å². The molecule has 1 atom stereocenters. The van der Waals surface area contributed by atoms with Gasteiger partial charge in [-0.3, -0.25) is 0 Å². The topological polar surface area (TPSA) is 37.8 Å². The van der Waals surface area contributed by atoms with E-state index in [2.05, 4.69) is 29.1 Å². The first kappa shape index (κ1) is 11.5. The van der Waals surface area contributed by atoms with Gasteiger partial charge in [-0.05, 0) is 24.3 Å².